The summed E-state index contributed by atoms with van der Waals surface area (Å²) < 4.78 is 3.91. The Kier molecular flexibility index (Phi) is 4.70. The summed E-state index contributed by atoms with van der Waals surface area (Å²) in [6, 6.07) is 11.6. The Hall–Kier alpha value is -2.16. The molecule has 0 unspecified atom stereocenters. The van der Waals surface area contributed by atoms with Gasteiger partial charge < -0.3 is 4.57 Å². The molecule has 2 aromatic carbocycles. The van der Waals surface area contributed by atoms with Gasteiger partial charge >= 0.3 is 0 Å². The molecule has 5 heteroatoms. The van der Waals surface area contributed by atoms with Gasteiger partial charge in [-0.15, -0.1) is 6.42 Å². The van der Waals surface area contributed by atoms with E-state index in [0.29, 0.717) is 16.9 Å². The summed E-state index contributed by atoms with van der Waals surface area (Å²) in [7, 11) is 0. The second kappa shape index (κ2) is 6.76. The minimum absolute atomic E-state index is 0.255. The molecule has 0 atom stereocenters. The van der Waals surface area contributed by atoms with Crippen LogP contribution in [-0.2, 0) is 6.54 Å². The number of carbonyl (C=O) groups excluding carboxylic acids is 1. The van der Waals surface area contributed by atoms with E-state index >= 15 is 0 Å². The first-order valence-electron chi connectivity index (χ1n) is 7.38. The first-order chi connectivity index (χ1) is 11.5. The normalized spacial score (nSPS) is 11.7. The number of amides is 1. The Labute approximate surface area is 152 Å². The molecule has 0 saturated carbocycles. The van der Waals surface area contributed by atoms with Crippen LogP contribution in [0, 0.1) is 26.2 Å². The van der Waals surface area contributed by atoms with E-state index in [2.05, 4.69) is 26.8 Å². The Morgan fingerprint density at radius 3 is 2.75 bits per heavy atom. The third kappa shape index (κ3) is 3.21. The quantitative estimate of drug-likeness (QED) is 0.586. The van der Waals surface area contributed by atoms with E-state index in [4.69, 9.17) is 6.42 Å². The lowest BCUT2D eigenvalue weighted by Gasteiger charge is -2.02. The molecule has 3 nitrogen and oxygen atoms in total. The van der Waals surface area contributed by atoms with Gasteiger partial charge in [-0.25, -0.2) is 0 Å². The van der Waals surface area contributed by atoms with Crippen LogP contribution < -0.4 is 4.80 Å². The zero-order valence-corrected chi connectivity index (χ0v) is 15.7. The highest BCUT2D eigenvalue weighted by Gasteiger charge is 2.10. The molecule has 3 aromatic rings. The van der Waals surface area contributed by atoms with Crippen LogP contribution in [0.3, 0.4) is 0 Å². The molecule has 0 saturated heterocycles. The zero-order valence-electron chi connectivity index (χ0n) is 13.3. The summed E-state index contributed by atoms with van der Waals surface area (Å²) in [4.78, 5) is 17.5. The molecule has 0 aliphatic heterocycles. The van der Waals surface area contributed by atoms with Gasteiger partial charge in [0.15, 0.2) is 4.80 Å². The Bertz CT molecular complexity index is 1050. The molecule has 0 aliphatic rings. The fraction of sp³-hybridized carbons (Fsp3) is 0.158. The number of halogens is 1. The molecule has 0 radical (unpaired) electrons. The third-order valence-corrected chi connectivity index (χ3v) is 5.38. The number of benzene rings is 2. The van der Waals surface area contributed by atoms with Gasteiger partial charge in [0.1, 0.15) is 0 Å². The molecule has 120 valence electrons. The van der Waals surface area contributed by atoms with Gasteiger partial charge in [0, 0.05) is 10.0 Å². The average Bonchev–Trinajstić information content (AvgIpc) is 2.87. The van der Waals surface area contributed by atoms with E-state index in [1.807, 2.05) is 54.8 Å². The fourth-order valence-electron chi connectivity index (χ4n) is 2.40. The first kappa shape index (κ1) is 16.7. The lowest BCUT2D eigenvalue weighted by molar-refractivity contribution is 0.0998. The average molecular weight is 399 g/mol. The Morgan fingerprint density at radius 2 is 2.04 bits per heavy atom. The summed E-state index contributed by atoms with van der Waals surface area (Å²) in [5.74, 6) is 2.38. The number of nitrogens with zero attached hydrogens (tertiary/aromatic N) is 2. The lowest BCUT2D eigenvalue weighted by Crippen LogP contribution is -2.16. The molecule has 0 bridgehead atoms. The van der Waals surface area contributed by atoms with Crippen molar-refractivity contribution in [3.63, 3.8) is 0 Å². The number of rotatable bonds is 2. The fourth-order valence-corrected chi connectivity index (χ4v) is 3.98. The number of hydrogen-bond acceptors (Lipinski definition) is 2. The van der Waals surface area contributed by atoms with Crippen molar-refractivity contribution in [2.75, 3.05) is 0 Å². The van der Waals surface area contributed by atoms with Crippen LogP contribution in [0.15, 0.2) is 45.9 Å². The largest absolute Gasteiger partial charge is 0.305 e. The molecule has 0 N–H and O–H groups in total. The number of aryl methyl sites for hydroxylation is 2. The van der Waals surface area contributed by atoms with Crippen LogP contribution >= 0.6 is 27.3 Å². The van der Waals surface area contributed by atoms with Crippen molar-refractivity contribution in [3.8, 4) is 12.3 Å². The van der Waals surface area contributed by atoms with Gasteiger partial charge in [-0.2, -0.15) is 4.99 Å². The number of aromatic nitrogens is 1. The number of terminal acetylenes is 1. The van der Waals surface area contributed by atoms with Crippen molar-refractivity contribution >= 4 is 43.4 Å². The maximum absolute atomic E-state index is 12.5. The molecule has 1 heterocycles. The lowest BCUT2D eigenvalue weighted by atomic mass is 10.1. The predicted molar refractivity (Wildman–Crippen MR) is 102 cm³/mol. The highest BCUT2D eigenvalue weighted by Crippen LogP contribution is 2.22. The second-order valence-corrected chi connectivity index (χ2v) is 7.43. The summed E-state index contributed by atoms with van der Waals surface area (Å²) in [6.07, 6.45) is 5.49. The van der Waals surface area contributed by atoms with Crippen molar-refractivity contribution in [2.24, 2.45) is 4.99 Å². The van der Waals surface area contributed by atoms with Crippen molar-refractivity contribution < 1.29 is 4.79 Å². The number of thiazole rings is 1. The highest BCUT2D eigenvalue weighted by atomic mass is 79.9. The summed E-state index contributed by atoms with van der Waals surface area (Å²) >= 11 is 4.93. The third-order valence-electron chi connectivity index (χ3n) is 3.85. The smallest absolute Gasteiger partial charge is 0.279 e. The van der Waals surface area contributed by atoms with E-state index in [1.165, 1.54) is 11.3 Å². The topological polar surface area (TPSA) is 34.4 Å². The van der Waals surface area contributed by atoms with Gasteiger partial charge in [0.25, 0.3) is 5.91 Å². The van der Waals surface area contributed by atoms with Crippen LogP contribution in [0.4, 0.5) is 0 Å². The van der Waals surface area contributed by atoms with Crippen LogP contribution in [-0.4, -0.2) is 10.5 Å². The monoisotopic (exact) mass is 398 g/mol. The second-order valence-electron chi connectivity index (χ2n) is 5.50. The van der Waals surface area contributed by atoms with Gasteiger partial charge in [0.05, 0.1) is 16.8 Å². The predicted octanol–water partition coefficient (Wildman–Crippen LogP) is 4.46. The summed E-state index contributed by atoms with van der Waals surface area (Å²) in [5.41, 5.74) is 3.80. The Morgan fingerprint density at radius 1 is 1.25 bits per heavy atom. The van der Waals surface area contributed by atoms with E-state index in [1.54, 1.807) is 0 Å². The van der Waals surface area contributed by atoms with Crippen LogP contribution in [0.5, 0.6) is 0 Å². The van der Waals surface area contributed by atoms with Crippen LogP contribution in [0.2, 0.25) is 0 Å². The molecular weight excluding hydrogens is 384 g/mol. The standard InChI is InChI=1S/C19H15BrN2OS/c1-4-9-22-16-8-7-15(20)11-17(16)24-19(22)21-18(23)14-6-5-12(2)13(3)10-14/h1,5-8,10-11H,9H2,2-3H3. The van der Waals surface area contributed by atoms with Crippen molar-refractivity contribution in [3.05, 3.63) is 62.4 Å². The van der Waals surface area contributed by atoms with E-state index in [9.17, 15) is 4.79 Å². The molecule has 3 rings (SSSR count). The van der Waals surface area contributed by atoms with E-state index in [0.717, 1.165) is 25.8 Å². The van der Waals surface area contributed by atoms with E-state index < -0.39 is 0 Å². The molecule has 1 aromatic heterocycles. The SMILES string of the molecule is C#CCn1c(=NC(=O)c2ccc(C)c(C)c2)sc2cc(Br)ccc21. The van der Waals surface area contributed by atoms with Crippen LogP contribution in [0.25, 0.3) is 10.2 Å². The number of carbonyl (C=O) groups is 1. The Balaban J connectivity index is 2.15. The number of hydrogen-bond donors (Lipinski definition) is 0. The first-order valence-corrected chi connectivity index (χ1v) is 8.99. The summed E-state index contributed by atoms with van der Waals surface area (Å²) in [6.45, 7) is 4.38. The molecular formula is C19H15BrN2OS. The van der Waals surface area contributed by atoms with Gasteiger partial charge in [-0.05, 0) is 55.3 Å². The molecule has 0 fully saturated rings. The van der Waals surface area contributed by atoms with Crippen molar-refractivity contribution in [1.29, 1.82) is 0 Å². The van der Waals surface area contributed by atoms with E-state index in [-0.39, 0.29) is 5.91 Å². The van der Waals surface area contributed by atoms with Crippen molar-refractivity contribution in [1.82, 2.24) is 4.57 Å². The number of fused-ring (bicyclic) bond motifs is 1. The molecule has 0 spiro atoms. The van der Waals surface area contributed by atoms with Crippen molar-refractivity contribution in [2.45, 2.75) is 20.4 Å². The van der Waals surface area contributed by atoms with Gasteiger partial charge in [-0.3, -0.25) is 4.79 Å². The van der Waals surface area contributed by atoms with Gasteiger partial charge in [0.2, 0.25) is 0 Å². The molecule has 0 aliphatic carbocycles. The van der Waals surface area contributed by atoms with Gasteiger partial charge in [-0.1, -0.05) is 39.3 Å². The summed E-state index contributed by atoms with van der Waals surface area (Å²) in [5, 5.41) is 0. The minimum atomic E-state index is -0.255. The van der Waals surface area contributed by atoms with Crippen LogP contribution in [0.1, 0.15) is 21.5 Å². The maximum Gasteiger partial charge on any atom is 0.279 e. The highest BCUT2D eigenvalue weighted by molar-refractivity contribution is 9.10. The molecule has 24 heavy (non-hydrogen) atoms. The maximum atomic E-state index is 12.5. The molecule has 1 amide bonds. The minimum Gasteiger partial charge on any atom is -0.305 e. The zero-order chi connectivity index (χ0) is 17.3.